The third-order valence-electron chi connectivity index (χ3n) is 6.44. The van der Waals surface area contributed by atoms with E-state index in [9.17, 15) is 9.59 Å². The van der Waals surface area contributed by atoms with Gasteiger partial charge in [0.15, 0.2) is 0 Å². The highest BCUT2D eigenvalue weighted by molar-refractivity contribution is 7.22. The summed E-state index contributed by atoms with van der Waals surface area (Å²) in [7, 11) is 0. The van der Waals surface area contributed by atoms with E-state index in [0.717, 1.165) is 29.3 Å². The van der Waals surface area contributed by atoms with Crippen LogP contribution in [0.2, 0.25) is 0 Å². The van der Waals surface area contributed by atoms with Crippen molar-refractivity contribution in [2.45, 2.75) is 38.6 Å². The topological polar surface area (TPSA) is 90.5 Å². The summed E-state index contributed by atoms with van der Waals surface area (Å²) in [5, 5.41) is 6.84. The lowest BCUT2D eigenvalue weighted by Gasteiger charge is -2.30. The molecule has 4 heterocycles. The Balaban J connectivity index is 1.40. The molecule has 0 atom stereocenters. The number of amides is 3. The van der Waals surface area contributed by atoms with Gasteiger partial charge in [-0.3, -0.25) is 10.1 Å². The zero-order chi connectivity index (χ0) is 23.0. The molecule has 2 aromatic heterocycles. The SMILES string of the molecule is CC1(C)C(=O)NC(=O)N1CCNc1ncc(N2CCCCC2)c(-c2cc3ccccc3s2)n1. The van der Waals surface area contributed by atoms with Gasteiger partial charge in [0.2, 0.25) is 5.95 Å². The minimum atomic E-state index is -0.861. The molecule has 0 bridgehead atoms. The number of imide groups is 1. The number of fused-ring (bicyclic) bond motifs is 1. The van der Waals surface area contributed by atoms with Crippen LogP contribution >= 0.6 is 11.3 Å². The van der Waals surface area contributed by atoms with E-state index in [1.54, 1.807) is 25.2 Å². The van der Waals surface area contributed by atoms with Gasteiger partial charge in [-0.25, -0.2) is 14.8 Å². The molecular weight excluding hydrogens is 436 g/mol. The first-order valence-corrected chi connectivity index (χ1v) is 12.2. The molecule has 172 valence electrons. The number of nitrogens with zero attached hydrogens (tertiary/aromatic N) is 4. The van der Waals surface area contributed by atoms with E-state index >= 15 is 0 Å². The maximum atomic E-state index is 12.1. The van der Waals surface area contributed by atoms with E-state index in [-0.39, 0.29) is 11.9 Å². The highest BCUT2D eigenvalue weighted by atomic mass is 32.1. The number of aromatic nitrogens is 2. The zero-order valence-electron chi connectivity index (χ0n) is 18.9. The number of carbonyl (C=O) groups is 2. The van der Waals surface area contributed by atoms with Crippen LogP contribution in [0.1, 0.15) is 33.1 Å². The molecular formula is C24H28N6O2S. The molecule has 33 heavy (non-hydrogen) atoms. The first-order chi connectivity index (χ1) is 15.9. The van der Waals surface area contributed by atoms with Crippen molar-refractivity contribution in [3.05, 3.63) is 36.5 Å². The molecule has 0 aliphatic carbocycles. The van der Waals surface area contributed by atoms with E-state index in [1.807, 2.05) is 6.20 Å². The van der Waals surface area contributed by atoms with Crippen molar-refractivity contribution in [1.82, 2.24) is 20.2 Å². The molecule has 2 aliphatic rings. The molecule has 1 aromatic carbocycles. The third kappa shape index (κ3) is 4.13. The molecule has 2 saturated heterocycles. The molecule has 0 spiro atoms. The quantitative estimate of drug-likeness (QED) is 0.534. The number of anilines is 2. The van der Waals surface area contributed by atoms with Crippen molar-refractivity contribution in [1.29, 1.82) is 0 Å². The number of thiophene rings is 1. The maximum absolute atomic E-state index is 12.1. The molecule has 9 heteroatoms. The van der Waals surface area contributed by atoms with Crippen molar-refractivity contribution in [2.75, 3.05) is 36.4 Å². The number of hydrogen-bond acceptors (Lipinski definition) is 7. The highest BCUT2D eigenvalue weighted by Gasteiger charge is 2.45. The number of carbonyl (C=O) groups excluding carboxylic acids is 2. The molecule has 5 rings (SSSR count). The minimum absolute atomic E-state index is 0.276. The van der Waals surface area contributed by atoms with Gasteiger partial charge in [-0.05, 0) is 50.6 Å². The van der Waals surface area contributed by atoms with Crippen molar-refractivity contribution >= 4 is 45.0 Å². The molecule has 3 aromatic rings. The highest BCUT2D eigenvalue weighted by Crippen LogP contribution is 2.38. The molecule has 0 unspecified atom stereocenters. The van der Waals surface area contributed by atoms with Gasteiger partial charge in [-0.15, -0.1) is 11.3 Å². The fourth-order valence-corrected chi connectivity index (χ4v) is 5.52. The Kier molecular flexibility index (Phi) is 5.65. The van der Waals surface area contributed by atoms with E-state index in [1.165, 1.54) is 34.2 Å². The minimum Gasteiger partial charge on any atom is -0.368 e. The zero-order valence-corrected chi connectivity index (χ0v) is 19.7. The fourth-order valence-electron chi connectivity index (χ4n) is 4.46. The molecule has 0 radical (unpaired) electrons. The summed E-state index contributed by atoms with van der Waals surface area (Å²) >= 11 is 1.74. The van der Waals surface area contributed by atoms with Gasteiger partial charge >= 0.3 is 6.03 Å². The number of urea groups is 1. The van der Waals surface area contributed by atoms with Crippen LogP contribution in [0.3, 0.4) is 0 Å². The van der Waals surface area contributed by atoms with E-state index in [4.69, 9.17) is 4.98 Å². The lowest BCUT2D eigenvalue weighted by molar-refractivity contribution is -0.125. The Hall–Kier alpha value is -3.20. The van der Waals surface area contributed by atoms with Crippen molar-refractivity contribution in [2.24, 2.45) is 0 Å². The number of benzene rings is 1. The first-order valence-electron chi connectivity index (χ1n) is 11.4. The molecule has 2 aliphatic heterocycles. The summed E-state index contributed by atoms with van der Waals surface area (Å²) in [6.07, 6.45) is 5.53. The monoisotopic (exact) mass is 464 g/mol. The largest absolute Gasteiger partial charge is 0.368 e. The maximum Gasteiger partial charge on any atom is 0.325 e. The van der Waals surface area contributed by atoms with Crippen LogP contribution in [0.4, 0.5) is 16.4 Å². The molecule has 0 saturated carbocycles. The van der Waals surface area contributed by atoms with E-state index < -0.39 is 5.54 Å². The summed E-state index contributed by atoms with van der Waals surface area (Å²) in [6, 6.07) is 10.2. The lowest BCUT2D eigenvalue weighted by atomic mass is 10.0. The van der Waals surface area contributed by atoms with Gasteiger partial charge < -0.3 is 15.1 Å². The van der Waals surface area contributed by atoms with Crippen LogP contribution in [0.25, 0.3) is 20.7 Å². The Labute approximate surface area is 197 Å². The standard InChI is InChI=1S/C24H28N6O2S/c1-24(2)21(31)28-23(32)30(24)13-10-25-22-26-15-17(29-11-6-3-7-12-29)20(27-22)19-14-16-8-4-5-9-18(16)33-19/h4-5,8-9,14-15H,3,6-7,10-13H2,1-2H3,(H,25,26,27)(H,28,31,32). The van der Waals surface area contributed by atoms with Crippen molar-refractivity contribution in [3.63, 3.8) is 0 Å². The van der Waals surface area contributed by atoms with Gasteiger partial charge in [-0.2, -0.15) is 0 Å². The Morgan fingerprint density at radius 1 is 1.15 bits per heavy atom. The first kappa shape index (κ1) is 21.6. The van der Waals surface area contributed by atoms with Crippen LogP contribution in [0.5, 0.6) is 0 Å². The number of nitrogens with one attached hydrogen (secondary N) is 2. The average Bonchev–Trinajstić information content (AvgIpc) is 3.33. The molecule has 3 amide bonds. The Morgan fingerprint density at radius 2 is 1.94 bits per heavy atom. The van der Waals surface area contributed by atoms with Crippen LogP contribution in [-0.4, -0.2) is 58.5 Å². The lowest BCUT2D eigenvalue weighted by Crippen LogP contribution is -2.46. The number of piperidine rings is 1. The van der Waals surface area contributed by atoms with Gasteiger partial charge in [0.1, 0.15) is 11.2 Å². The number of rotatable bonds is 6. The second-order valence-corrected chi connectivity index (χ2v) is 10.1. The summed E-state index contributed by atoms with van der Waals surface area (Å²) < 4.78 is 1.23. The summed E-state index contributed by atoms with van der Waals surface area (Å²) in [4.78, 5) is 38.6. The Morgan fingerprint density at radius 3 is 2.67 bits per heavy atom. The molecule has 2 N–H and O–H groups in total. The normalized spacial score (nSPS) is 18.1. The molecule has 8 nitrogen and oxygen atoms in total. The van der Waals surface area contributed by atoms with Crippen LogP contribution < -0.4 is 15.5 Å². The predicted molar refractivity (Wildman–Crippen MR) is 132 cm³/mol. The second kappa shape index (κ2) is 8.62. The van der Waals surface area contributed by atoms with Crippen LogP contribution in [-0.2, 0) is 4.79 Å². The van der Waals surface area contributed by atoms with Gasteiger partial charge in [-0.1, -0.05) is 18.2 Å². The second-order valence-electron chi connectivity index (χ2n) is 9.02. The number of hydrogen-bond donors (Lipinski definition) is 2. The van der Waals surface area contributed by atoms with Gasteiger partial charge in [0, 0.05) is 30.9 Å². The van der Waals surface area contributed by atoms with E-state index in [0.29, 0.717) is 19.0 Å². The van der Waals surface area contributed by atoms with E-state index in [2.05, 4.69) is 50.8 Å². The third-order valence-corrected chi connectivity index (χ3v) is 7.56. The van der Waals surface area contributed by atoms with Crippen LogP contribution in [0, 0.1) is 0 Å². The smallest absolute Gasteiger partial charge is 0.325 e. The van der Waals surface area contributed by atoms with Crippen molar-refractivity contribution in [3.8, 4) is 10.6 Å². The Bertz CT molecular complexity index is 1170. The fraction of sp³-hybridized carbons (Fsp3) is 0.417. The van der Waals surface area contributed by atoms with Gasteiger partial charge in [0.05, 0.1) is 16.8 Å². The summed E-state index contributed by atoms with van der Waals surface area (Å²) in [5.41, 5.74) is 1.14. The van der Waals surface area contributed by atoms with Gasteiger partial charge in [0.25, 0.3) is 5.91 Å². The molecule has 2 fully saturated rings. The van der Waals surface area contributed by atoms with Crippen molar-refractivity contribution < 1.29 is 9.59 Å². The van der Waals surface area contributed by atoms with Crippen LogP contribution in [0.15, 0.2) is 36.5 Å². The summed E-state index contributed by atoms with van der Waals surface area (Å²) in [5.74, 6) is 0.244. The predicted octanol–water partition coefficient (Wildman–Crippen LogP) is 4.09. The average molecular weight is 465 g/mol. The summed E-state index contributed by atoms with van der Waals surface area (Å²) in [6.45, 7) is 6.34.